The fourth-order valence-corrected chi connectivity index (χ4v) is 1.49. The number of hydrogen-bond acceptors (Lipinski definition) is 2. The SMILES string of the molecule is CC(C)CC(=O)c1nc(C(C)C)cn1C. The Hall–Kier alpha value is -1.12. The summed E-state index contributed by atoms with van der Waals surface area (Å²) >= 11 is 0. The van der Waals surface area contributed by atoms with Gasteiger partial charge in [-0.1, -0.05) is 27.7 Å². The van der Waals surface area contributed by atoms with E-state index in [1.807, 2.05) is 31.7 Å². The minimum atomic E-state index is 0.138. The molecule has 0 aromatic carbocycles. The largest absolute Gasteiger partial charge is 0.331 e. The Morgan fingerprint density at radius 2 is 2.00 bits per heavy atom. The predicted octanol–water partition coefficient (Wildman–Crippen LogP) is 2.77. The van der Waals surface area contributed by atoms with Crippen LogP contribution < -0.4 is 0 Å². The molecule has 0 atom stereocenters. The van der Waals surface area contributed by atoms with Gasteiger partial charge in [0.15, 0.2) is 11.6 Å². The van der Waals surface area contributed by atoms with Gasteiger partial charge in [-0.25, -0.2) is 4.98 Å². The van der Waals surface area contributed by atoms with Crippen LogP contribution in [0.1, 0.15) is 56.3 Å². The van der Waals surface area contributed by atoms with E-state index in [9.17, 15) is 4.79 Å². The third-order valence-corrected chi connectivity index (χ3v) is 2.33. The van der Waals surface area contributed by atoms with Crippen LogP contribution in [0.2, 0.25) is 0 Å². The second-order valence-electron chi connectivity index (χ2n) is 4.78. The molecule has 0 saturated heterocycles. The number of nitrogens with zero attached hydrogens (tertiary/aromatic N) is 2. The molecule has 0 radical (unpaired) electrons. The molecule has 0 spiro atoms. The molecule has 0 saturated carbocycles. The summed E-state index contributed by atoms with van der Waals surface area (Å²) in [6, 6.07) is 0. The van der Waals surface area contributed by atoms with Crippen molar-refractivity contribution in [2.24, 2.45) is 13.0 Å². The summed E-state index contributed by atoms with van der Waals surface area (Å²) in [5, 5.41) is 0. The second kappa shape index (κ2) is 4.60. The van der Waals surface area contributed by atoms with E-state index >= 15 is 0 Å². The minimum absolute atomic E-state index is 0.138. The van der Waals surface area contributed by atoms with Crippen LogP contribution in [0.15, 0.2) is 6.20 Å². The van der Waals surface area contributed by atoms with Crippen molar-refractivity contribution >= 4 is 5.78 Å². The Balaban J connectivity index is 2.89. The van der Waals surface area contributed by atoms with Gasteiger partial charge in [-0.3, -0.25) is 4.79 Å². The number of imidazole rings is 1. The highest BCUT2D eigenvalue weighted by atomic mass is 16.1. The average Bonchev–Trinajstić information content (AvgIpc) is 2.46. The maximum atomic E-state index is 11.8. The van der Waals surface area contributed by atoms with Gasteiger partial charge in [0.2, 0.25) is 0 Å². The van der Waals surface area contributed by atoms with Gasteiger partial charge in [-0.2, -0.15) is 0 Å². The summed E-state index contributed by atoms with van der Waals surface area (Å²) in [7, 11) is 1.88. The number of carbonyl (C=O) groups is 1. The van der Waals surface area contributed by atoms with Crippen LogP contribution in [-0.2, 0) is 7.05 Å². The molecule has 0 aliphatic carbocycles. The number of hydrogen-bond donors (Lipinski definition) is 0. The summed E-state index contributed by atoms with van der Waals surface area (Å²) in [6.45, 7) is 8.26. The van der Waals surface area contributed by atoms with Crippen molar-refractivity contribution < 1.29 is 4.79 Å². The van der Waals surface area contributed by atoms with E-state index in [1.54, 1.807) is 0 Å². The van der Waals surface area contributed by atoms with Crippen LogP contribution in [-0.4, -0.2) is 15.3 Å². The van der Waals surface area contributed by atoms with E-state index in [-0.39, 0.29) is 5.78 Å². The van der Waals surface area contributed by atoms with E-state index in [4.69, 9.17) is 0 Å². The Morgan fingerprint density at radius 1 is 1.40 bits per heavy atom. The third kappa shape index (κ3) is 2.91. The first-order chi connectivity index (χ1) is 6.91. The topological polar surface area (TPSA) is 34.9 Å². The van der Waals surface area contributed by atoms with Crippen LogP contribution >= 0.6 is 0 Å². The summed E-state index contributed by atoms with van der Waals surface area (Å²) in [6.07, 6.45) is 2.51. The van der Waals surface area contributed by atoms with Crippen LogP contribution in [0.5, 0.6) is 0 Å². The van der Waals surface area contributed by atoms with Crippen LogP contribution in [0.25, 0.3) is 0 Å². The molecule has 0 fully saturated rings. The molecule has 0 amide bonds. The van der Waals surface area contributed by atoms with Crippen LogP contribution in [0, 0.1) is 5.92 Å². The molecule has 0 unspecified atom stereocenters. The monoisotopic (exact) mass is 208 g/mol. The lowest BCUT2D eigenvalue weighted by molar-refractivity contribution is 0.0954. The first-order valence-electron chi connectivity index (χ1n) is 5.48. The fourth-order valence-electron chi connectivity index (χ4n) is 1.49. The zero-order valence-electron chi connectivity index (χ0n) is 10.2. The molecule has 1 aromatic heterocycles. The van der Waals surface area contributed by atoms with Crippen LogP contribution in [0.4, 0.5) is 0 Å². The van der Waals surface area contributed by atoms with Gasteiger partial charge in [-0.15, -0.1) is 0 Å². The Morgan fingerprint density at radius 3 is 2.40 bits per heavy atom. The van der Waals surface area contributed by atoms with Gasteiger partial charge in [0, 0.05) is 19.7 Å². The van der Waals surface area contributed by atoms with Crippen molar-refractivity contribution in [2.45, 2.75) is 40.0 Å². The normalized spacial score (nSPS) is 11.4. The molecule has 3 nitrogen and oxygen atoms in total. The summed E-state index contributed by atoms with van der Waals surface area (Å²) in [5.41, 5.74) is 0.990. The second-order valence-corrected chi connectivity index (χ2v) is 4.78. The quantitative estimate of drug-likeness (QED) is 0.713. The van der Waals surface area contributed by atoms with Crippen molar-refractivity contribution in [3.63, 3.8) is 0 Å². The van der Waals surface area contributed by atoms with E-state index in [1.165, 1.54) is 0 Å². The van der Waals surface area contributed by atoms with Gasteiger partial charge in [0.1, 0.15) is 0 Å². The highest BCUT2D eigenvalue weighted by Crippen LogP contribution is 2.15. The van der Waals surface area contributed by atoms with Crippen molar-refractivity contribution in [2.75, 3.05) is 0 Å². The van der Waals surface area contributed by atoms with Crippen molar-refractivity contribution in [1.29, 1.82) is 0 Å². The number of carbonyl (C=O) groups excluding carboxylic acids is 1. The minimum Gasteiger partial charge on any atom is -0.331 e. The molecule has 1 heterocycles. The number of Topliss-reactive ketones (excluding diaryl/α,β-unsaturated/α-hetero) is 1. The first-order valence-corrected chi connectivity index (χ1v) is 5.48. The summed E-state index contributed by atoms with van der Waals surface area (Å²) in [4.78, 5) is 16.2. The molecule has 0 aliphatic heterocycles. The Kier molecular flexibility index (Phi) is 3.66. The van der Waals surface area contributed by atoms with Crippen molar-refractivity contribution in [3.05, 3.63) is 17.7 Å². The average molecular weight is 208 g/mol. The predicted molar refractivity (Wildman–Crippen MR) is 61.1 cm³/mol. The molecule has 0 N–H and O–H groups in total. The van der Waals surface area contributed by atoms with Gasteiger partial charge < -0.3 is 4.57 Å². The van der Waals surface area contributed by atoms with E-state index in [0.29, 0.717) is 24.1 Å². The Bertz CT molecular complexity index is 351. The molecule has 0 bridgehead atoms. The van der Waals surface area contributed by atoms with Crippen molar-refractivity contribution in [3.8, 4) is 0 Å². The van der Waals surface area contributed by atoms with E-state index in [0.717, 1.165) is 5.69 Å². The number of aromatic nitrogens is 2. The van der Waals surface area contributed by atoms with Gasteiger partial charge in [0.05, 0.1) is 5.69 Å². The van der Waals surface area contributed by atoms with Gasteiger partial charge >= 0.3 is 0 Å². The molecule has 84 valence electrons. The molecule has 1 aromatic rings. The lowest BCUT2D eigenvalue weighted by Gasteiger charge is -2.03. The zero-order valence-corrected chi connectivity index (χ0v) is 10.2. The molecule has 3 heteroatoms. The zero-order chi connectivity index (χ0) is 11.6. The lowest BCUT2D eigenvalue weighted by Crippen LogP contribution is -2.09. The highest BCUT2D eigenvalue weighted by Gasteiger charge is 2.16. The van der Waals surface area contributed by atoms with Crippen molar-refractivity contribution in [1.82, 2.24) is 9.55 Å². The molecule has 1 rings (SSSR count). The molecular weight excluding hydrogens is 188 g/mol. The van der Waals surface area contributed by atoms with E-state index in [2.05, 4.69) is 18.8 Å². The summed E-state index contributed by atoms with van der Waals surface area (Å²) < 4.78 is 1.83. The maximum absolute atomic E-state index is 11.8. The molecule has 0 aliphatic rings. The van der Waals surface area contributed by atoms with Gasteiger partial charge in [0.25, 0.3) is 0 Å². The number of rotatable bonds is 4. The fraction of sp³-hybridized carbons (Fsp3) is 0.667. The summed E-state index contributed by atoms with van der Waals surface area (Å²) in [5.74, 6) is 1.49. The number of aryl methyl sites for hydroxylation is 1. The maximum Gasteiger partial charge on any atom is 0.198 e. The molecule has 15 heavy (non-hydrogen) atoms. The lowest BCUT2D eigenvalue weighted by atomic mass is 10.1. The van der Waals surface area contributed by atoms with E-state index < -0.39 is 0 Å². The van der Waals surface area contributed by atoms with Crippen LogP contribution in [0.3, 0.4) is 0 Å². The smallest absolute Gasteiger partial charge is 0.198 e. The Labute approximate surface area is 91.5 Å². The van der Waals surface area contributed by atoms with Gasteiger partial charge in [-0.05, 0) is 11.8 Å². The third-order valence-electron chi connectivity index (χ3n) is 2.33. The highest BCUT2D eigenvalue weighted by molar-refractivity contribution is 5.93. The molecular formula is C12H20N2O. The first kappa shape index (κ1) is 12.0. The standard InChI is InChI=1S/C12H20N2O/c1-8(2)6-11(15)12-13-10(9(3)4)7-14(12)5/h7-9H,6H2,1-5H3. The number of ketones is 1.